The molecule has 0 fully saturated rings. The van der Waals surface area contributed by atoms with Crippen LogP contribution in [0.5, 0.6) is 0 Å². The van der Waals surface area contributed by atoms with Gasteiger partial charge in [-0.1, -0.05) is 11.6 Å². The fourth-order valence-corrected chi connectivity index (χ4v) is 0.955. The molecule has 0 radical (unpaired) electrons. The fraction of sp³-hybridized carbons (Fsp3) is 0.286. The van der Waals surface area contributed by atoms with Crippen molar-refractivity contribution >= 4 is 11.6 Å². The van der Waals surface area contributed by atoms with Gasteiger partial charge in [0.1, 0.15) is 0 Å². The smallest absolute Gasteiger partial charge is 0.0621 e. The Morgan fingerprint density at radius 1 is 1.60 bits per heavy atom. The molecule has 0 aliphatic heterocycles. The van der Waals surface area contributed by atoms with E-state index < -0.39 is 0 Å². The summed E-state index contributed by atoms with van der Waals surface area (Å²) in [5, 5.41) is 0.702. The molecule has 0 aliphatic carbocycles. The van der Waals surface area contributed by atoms with E-state index in [0.29, 0.717) is 11.6 Å². The van der Waals surface area contributed by atoms with Crippen molar-refractivity contribution in [3.05, 3.63) is 29.0 Å². The maximum Gasteiger partial charge on any atom is 0.0621 e. The summed E-state index contributed by atoms with van der Waals surface area (Å²) in [5.74, 6) is 0. The Morgan fingerprint density at radius 3 is 3.00 bits per heavy atom. The third-order valence-electron chi connectivity index (χ3n) is 1.22. The number of pyridine rings is 1. The molecule has 1 aromatic heterocycles. The van der Waals surface area contributed by atoms with E-state index in [9.17, 15) is 0 Å². The lowest BCUT2D eigenvalue weighted by molar-refractivity contribution is 0.923. The van der Waals surface area contributed by atoms with Crippen molar-refractivity contribution in [3.8, 4) is 0 Å². The Hall–Kier alpha value is -0.600. The maximum absolute atomic E-state index is 5.78. The highest BCUT2D eigenvalue weighted by Gasteiger charge is 1.96. The monoisotopic (exact) mass is 156 g/mol. The van der Waals surface area contributed by atoms with Gasteiger partial charge in [-0.05, 0) is 18.7 Å². The first kappa shape index (κ1) is 7.51. The number of aromatic nitrogens is 1. The minimum Gasteiger partial charge on any atom is -0.330 e. The van der Waals surface area contributed by atoms with Crippen molar-refractivity contribution < 1.29 is 0 Å². The average molecular weight is 157 g/mol. The number of nitrogens with two attached hydrogens (primary N) is 1. The Morgan fingerprint density at radius 2 is 2.40 bits per heavy atom. The highest BCUT2D eigenvalue weighted by Crippen LogP contribution is 2.11. The van der Waals surface area contributed by atoms with Crippen LogP contribution < -0.4 is 5.73 Å². The second kappa shape index (κ2) is 3.54. The molecule has 0 saturated heterocycles. The molecule has 1 aromatic rings. The van der Waals surface area contributed by atoms with Crippen LogP contribution in [0.4, 0.5) is 0 Å². The predicted octanol–water partition coefficient (Wildman–Crippen LogP) is 1.24. The van der Waals surface area contributed by atoms with Crippen molar-refractivity contribution in [3.63, 3.8) is 0 Å². The van der Waals surface area contributed by atoms with Crippen LogP contribution in [0.2, 0.25) is 5.02 Å². The summed E-state index contributed by atoms with van der Waals surface area (Å²) in [4.78, 5) is 4.06. The lowest BCUT2D eigenvalue weighted by Gasteiger charge is -1.97. The Bertz CT molecular complexity index is 213. The minimum absolute atomic E-state index is 0.594. The molecule has 3 heteroatoms. The lowest BCUT2D eigenvalue weighted by atomic mass is 10.3. The summed E-state index contributed by atoms with van der Waals surface area (Å²) < 4.78 is 0. The maximum atomic E-state index is 5.78. The zero-order chi connectivity index (χ0) is 7.40. The summed E-state index contributed by atoms with van der Waals surface area (Å²) in [5.41, 5.74) is 6.21. The van der Waals surface area contributed by atoms with E-state index in [-0.39, 0.29) is 0 Å². The largest absolute Gasteiger partial charge is 0.330 e. The minimum atomic E-state index is 0.594. The molecule has 0 aliphatic rings. The van der Waals surface area contributed by atoms with Crippen molar-refractivity contribution in [1.82, 2.24) is 4.98 Å². The van der Waals surface area contributed by atoms with Crippen LogP contribution >= 0.6 is 11.6 Å². The van der Waals surface area contributed by atoms with Crippen LogP contribution in [0.1, 0.15) is 5.69 Å². The molecular formula is C7H9ClN2. The van der Waals surface area contributed by atoms with Gasteiger partial charge in [0.05, 0.1) is 10.7 Å². The fourth-order valence-electron chi connectivity index (χ4n) is 0.739. The molecule has 0 aromatic carbocycles. The van der Waals surface area contributed by atoms with Crippen LogP contribution in [-0.2, 0) is 6.42 Å². The summed E-state index contributed by atoms with van der Waals surface area (Å²) in [6.45, 7) is 0.594. The van der Waals surface area contributed by atoms with Gasteiger partial charge in [0, 0.05) is 12.6 Å². The molecule has 2 N–H and O–H groups in total. The van der Waals surface area contributed by atoms with E-state index in [1.807, 2.05) is 12.1 Å². The lowest BCUT2D eigenvalue weighted by Crippen LogP contribution is -2.04. The van der Waals surface area contributed by atoms with E-state index in [2.05, 4.69) is 4.98 Å². The molecule has 1 rings (SSSR count). The number of nitrogens with zero attached hydrogens (tertiary/aromatic N) is 1. The molecule has 2 nitrogen and oxygen atoms in total. The van der Waals surface area contributed by atoms with Crippen molar-refractivity contribution in [1.29, 1.82) is 0 Å². The first-order valence-corrected chi connectivity index (χ1v) is 3.52. The molecule has 10 heavy (non-hydrogen) atoms. The van der Waals surface area contributed by atoms with Crippen LogP contribution in [-0.4, -0.2) is 11.5 Å². The average Bonchev–Trinajstić information content (AvgIpc) is 1.94. The van der Waals surface area contributed by atoms with Gasteiger partial charge in [0.15, 0.2) is 0 Å². The van der Waals surface area contributed by atoms with Gasteiger partial charge in [0.25, 0.3) is 0 Å². The van der Waals surface area contributed by atoms with Gasteiger partial charge in [-0.3, -0.25) is 4.98 Å². The summed E-state index contributed by atoms with van der Waals surface area (Å²) >= 11 is 5.78. The summed E-state index contributed by atoms with van der Waals surface area (Å²) in [6, 6.07) is 3.63. The molecule has 0 bridgehead atoms. The first-order valence-electron chi connectivity index (χ1n) is 3.14. The number of hydrogen-bond acceptors (Lipinski definition) is 2. The van der Waals surface area contributed by atoms with E-state index in [0.717, 1.165) is 12.1 Å². The molecule has 0 amide bonds. The van der Waals surface area contributed by atoms with E-state index in [1.165, 1.54) is 0 Å². The normalized spacial score (nSPS) is 9.80. The molecule has 54 valence electrons. The number of rotatable bonds is 2. The second-order valence-electron chi connectivity index (χ2n) is 1.97. The Balaban J connectivity index is 2.81. The summed E-state index contributed by atoms with van der Waals surface area (Å²) in [7, 11) is 0. The van der Waals surface area contributed by atoms with Gasteiger partial charge >= 0.3 is 0 Å². The van der Waals surface area contributed by atoms with Crippen molar-refractivity contribution in [2.75, 3.05) is 6.54 Å². The van der Waals surface area contributed by atoms with Gasteiger partial charge < -0.3 is 5.73 Å². The van der Waals surface area contributed by atoms with E-state index in [1.54, 1.807) is 6.20 Å². The topological polar surface area (TPSA) is 38.9 Å². The molecular weight excluding hydrogens is 148 g/mol. The van der Waals surface area contributed by atoms with Crippen LogP contribution in [0, 0.1) is 0 Å². The molecule has 0 spiro atoms. The Kier molecular flexibility index (Phi) is 2.66. The summed E-state index contributed by atoms with van der Waals surface area (Å²) in [6.07, 6.45) is 2.47. The third-order valence-corrected chi connectivity index (χ3v) is 1.56. The highest BCUT2D eigenvalue weighted by molar-refractivity contribution is 6.31. The zero-order valence-corrected chi connectivity index (χ0v) is 6.30. The van der Waals surface area contributed by atoms with Gasteiger partial charge in [-0.2, -0.15) is 0 Å². The second-order valence-corrected chi connectivity index (χ2v) is 2.38. The number of hydrogen-bond donors (Lipinski definition) is 1. The highest BCUT2D eigenvalue weighted by atomic mass is 35.5. The van der Waals surface area contributed by atoms with Crippen molar-refractivity contribution in [2.45, 2.75) is 6.42 Å². The standard InChI is InChI=1S/C7H9ClN2/c8-6-2-1-5-10-7(6)3-4-9/h1-2,5H,3-4,9H2. The SMILES string of the molecule is NCCc1ncccc1Cl. The van der Waals surface area contributed by atoms with Gasteiger partial charge in [-0.25, -0.2) is 0 Å². The first-order chi connectivity index (χ1) is 4.84. The molecule has 1 heterocycles. The Labute approximate surface area is 65.0 Å². The van der Waals surface area contributed by atoms with Gasteiger partial charge in [0.2, 0.25) is 0 Å². The predicted molar refractivity (Wildman–Crippen MR) is 42.0 cm³/mol. The quantitative estimate of drug-likeness (QED) is 0.700. The van der Waals surface area contributed by atoms with E-state index >= 15 is 0 Å². The van der Waals surface area contributed by atoms with Crippen LogP contribution in [0.3, 0.4) is 0 Å². The van der Waals surface area contributed by atoms with E-state index in [4.69, 9.17) is 17.3 Å². The zero-order valence-electron chi connectivity index (χ0n) is 5.55. The number of halogens is 1. The van der Waals surface area contributed by atoms with Crippen LogP contribution in [0.15, 0.2) is 18.3 Å². The molecule has 0 unspecified atom stereocenters. The van der Waals surface area contributed by atoms with Crippen molar-refractivity contribution in [2.24, 2.45) is 5.73 Å². The van der Waals surface area contributed by atoms with Crippen LogP contribution in [0.25, 0.3) is 0 Å². The molecule has 0 atom stereocenters. The third kappa shape index (κ3) is 1.69. The molecule has 0 saturated carbocycles. The van der Waals surface area contributed by atoms with Gasteiger partial charge in [-0.15, -0.1) is 0 Å².